The molecular formula is C41H41FN2O5. The van der Waals surface area contributed by atoms with Crippen LogP contribution in [0.4, 0.5) is 4.39 Å². The number of carboxylic acid groups (broad SMARTS) is 1. The maximum absolute atomic E-state index is 13.2. The Morgan fingerprint density at radius 3 is 2.12 bits per heavy atom. The Morgan fingerprint density at radius 1 is 0.857 bits per heavy atom. The third-order valence-corrected chi connectivity index (χ3v) is 10.9. The van der Waals surface area contributed by atoms with Crippen LogP contribution in [0.3, 0.4) is 0 Å². The largest absolute Gasteiger partial charge is 0.483 e. The van der Waals surface area contributed by atoms with Crippen LogP contribution >= 0.6 is 0 Å². The van der Waals surface area contributed by atoms with Crippen LogP contribution in [0, 0.1) is 23.6 Å². The van der Waals surface area contributed by atoms with Crippen molar-refractivity contribution in [2.45, 2.75) is 76.1 Å². The van der Waals surface area contributed by atoms with Gasteiger partial charge in [-0.1, -0.05) is 36.4 Å². The Labute approximate surface area is 285 Å². The Bertz CT molecular complexity index is 1900. The molecule has 4 bridgehead atoms. The molecule has 1 heterocycles. The molecule has 4 aliphatic carbocycles. The number of hydrogen-bond acceptors (Lipinski definition) is 5. The number of carboxylic acids is 1. The Morgan fingerprint density at radius 2 is 1.47 bits per heavy atom. The number of aromatic amines is 1. The molecular weight excluding hydrogens is 619 g/mol. The van der Waals surface area contributed by atoms with E-state index < -0.39 is 12.1 Å². The van der Waals surface area contributed by atoms with E-state index in [-0.39, 0.29) is 24.9 Å². The van der Waals surface area contributed by atoms with Crippen LogP contribution in [0.15, 0.2) is 91.0 Å². The molecule has 0 radical (unpaired) electrons. The summed E-state index contributed by atoms with van der Waals surface area (Å²) in [6.45, 7) is 2.01. The molecule has 4 aliphatic rings. The van der Waals surface area contributed by atoms with E-state index in [4.69, 9.17) is 19.2 Å². The third kappa shape index (κ3) is 6.79. The smallest absolute Gasteiger partial charge is 0.333 e. The normalized spacial score (nSPS) is 23.8. The molecule has 252 valence electrons. The maximum Gasteiger partial charge on any atom is 0.333 e. The Balaban J connectivity index is 0.875. The molecule has 2 atom stereocenters. The highest BCUT2D eigenvalue weighted by Crippen LogP contribution is 2.60. The number of imidazole rings is 1. The summed E-state index contributed by atoms with van der Waals surface area (Å²) in [5.74, 6) is 4.27. The van der Waals surface area contributed by atoms with E-state index in [1.54, 1.807) is 12.1 Å². The molecule has 4 aromatic carbocycles. The van der Waals surface area contributed by atoms with E-state index in [2.05, 4.69) is 29.2 Å². The fraction of sp³-hybridized carbons (Fsp3) is 0.366. The fourth-order valence-electron chi connectivity index (χ4n) is 8.91. The van der Waals surface area contributed by atoms with Crippen LogP contribution in [0.1, 0.15) is 74.1 Å². The molecule has 2 N–H and O–H groups in total. The standard InChI is InChI=1S/C41H41FN2O5/c1-25(48-33-10-4-26(5-11-33)19-38(40(45)46)47-24-27-2-8-32(42)9-3-27)39-43-36-15-14-35(20-37(36)44-39)49-34-12-6-31(7-13-34)41-21-28-16-29(22-41)18-30(17-28)23-41/h2-15,20,25,28-30,38H,16-19,21-24H2,1H3,(H,43,44)(H,45,46). The highest BCUT2D eigenvalue weighted by molar-refractivity contribution is 5.77. The second-order valence-electron chi connectivity index (χ2n) is 14.5. The zero-order valence-corrected chi connectivity index (χ0v) is 27.6. The van der Waals surface area contributed by atoms with Crippen molar-refractivity contribution in [3.63, 3.8) is 0 Å². The summed E-state index contributed by atoms with van der Waals surface area (Å²) >= 11 is 0. The zero-order valence-electron chi connectivity index (χ0n) is 27.6. The Hall–Kier alpha value is -4.69. The lowest BCUT2D eigenvalue weighted by molar-refractivity contribution is -0.151. The minimum Gasteiger partial charge on any atom is -0.483 e. The lowest BCUT2D eigenvalue weighted by Gasteiger charge is -2.57. The van der Waals surface area contributed by atoms with Gasteiger partial charge in [0.1, 0.15) is 28.9 Å². The minimum absolute atomic E-state index is 0.0791. The summed E-state index contributed by atoms with van der Waals surface area (Å²) in [7, 11) is 0. The molecule has 4 saturated carbocycles. The van der Waals surface area contributed by atoms with Gasteiger partial charge >= 0.3 is 5.97 Å². The summed E-state index contributed by atoms with van der Waals surface area (Å²) in [5.41, 5.74) is 5.06. The number of halogens is 1. The van der Waals surface area contributed by atoms with Gasteiger partial charge in [-0.25, -0.2) is 14.2 Å². The average Bonchev–Trinajstić information content (AvgIpc) is 3.52. The molecule has 0 saturated heterocycles. The van der Waals surface area contributed by atoms with Crippen molar-refractivity contribution in [1.29, 1.82) is 0 Å². The second-order valence-corrected chi connectivity index (χ2v) is 14.5. The minimum atomic E-state index is -1.06. The van der Waals surface area contributed by atoms with Crippen molar-refractivity contribution in [3.8, 4) is 17.2 Å². The molecule has 0 amide bonds. The maximum atomic E-state index is 13.2. The molecule has 4 fully saturated rings. The number of ether oxygens (including phenoxy) is 3. The van der Waals surface area contributed by atoms with Gasteiger partial charge in [0.05, 0.1) is 17.6 Å². The van der Waals surface area contributed by atoms with Crippen LogP contribution in [0.25, 0.3) is 11.0 Å². The third-order valence-electron chi connectivity index (χ3n) is 10.9. The number of hydrogen-bond donors (Lipinski definition) is 2. The van der Waals surface area contributed by atoms with Gasteiger partial charge < -0.3 is 24.3 Å². The first kappa shape index (κ1) is 31.6. The van der Waals surface area contributed by atoms with Gasteiger partial charge in [0, 0.05) is 12.5 Å². The van der Waals surface area contributed by atoms with E-state index >= 15 is 0 Å². The lowest BCUT2D eigenvalue weighted by Crippen LogP contribution is -2.48. The number of aliphatic carboxylic acids is 1. The highest BCUT2D eigenvalue weighted by Gasteiger charge is 2.51. The summed E-state index contributed by atoms with van der Waals surface area (Å²) in [6, 6.07) is 27.8. The number of nitrogens with one attached hydrogen (secondary N) is 1. The van der Waals surface area contributed by atoms with E-state index in [1.165, 1.54) is 56.2 Å². The number of carbonyl (C=O) groups is 1. The number of fused-ring (bicyclic) bond motifs is 1. The van der Waals surface area contributed by atoms with Gasteiger partial charge in [-0.05, 0) is 134 Å². The van der Waals surface area contributed by atoms with Gasteiger partial charge in [0.25, 0.3) is 0 Å². The quantitative estimate of drug-likeness (QED) is 0.139. The first-order chi connectivity index (χ1) is 23.8. The average molecular weight is 661 g/mol. The molecule has 7 nitrogen and oxygen atoms in total. The Kier molecular flexibility index (Phi) is 8.36. The molecule has 2 unspecified atom stereocenters. The van der Waals surface area contributed by atoms with Gasteiger partial charge in [0.2, 0.25) is 0 Å². The molecule has 9 rings (SSSR count). The van der Waals surface area contributed by atoms with Gasteiger partial charge in [-0.2, -0.15) is 0 Å². The van der Waals surface area contributed by atoms with Crippen LogP contribution in [0.5, 0.6) is 17.2 Å². The molecule has 1 aromatic heterocycles. The summed E-state index contributed by atoms with van der Waals surface area (Å²) < 4.78 is 31.3. The second kappa shape index (κ2) is 13.0. The molecule has 0 spiro atoms. The van der Waals surface area contributed by atoms with Crippen molar-refractivity contribution in [1.82, 2.24) is 9.97 Å². The van der Waals surface area contributed by atoms with E-state index in [0.29, 0.717) is 22.6 Å². The predicted octanol–water partition coefficient (Wildman–Crippen LogP) is 9.31. The zero-order chi connectivity index (χ0) is 33.5. The number of benzene rings is 4. The van der Waals surface area contributed by atoms with Gasteiger partial charge in [-0.3, -0.25) is 0 Å². The van der Waals surface area contributed by atoms with Crippen molar-refractivity contribution < 1.29 is 28.5 Å². The van der Waals surface area contributed by atoms with Gasteiger partial charge in [-0.15, -0.1) is 0 Å². The highest BCUT2D eigenvalue weighted by atomic mass is 19.1. The first-order valence-electron chi connectivity index (χ1n) is 17.4. The van der Waals surface area contributed by atoms with Crippen LogP contribution in [0.2, 0.25) is 0 Å². The van der Waals surface area contributed by atoms with Crippen LogP contribution in [-0.2, 0) is 28.0 Å². The number of rotatable bonds is 12. The van der Waals surface area contributed by atoms with Crippen molar-refractivity contribution in [3.05, 3.63) is 119 Å². The van der Waals surface area contributed by atoms with E-state index in [1.807, 2.05) is 49.4 Å². The predicted molar refractivity (Wildman–Crippen MR) is 184 cm³/mol. The number of H-pyrrole nitrogens is 1. The van der Waals surface area contributed by atoms with Crippen molar-refractivity contribution in [2.24, 2.45) is 17.8 Å². The summed E-state index contributed by atoms with van der Waals surface area (Å²) in [4.78, 5) is 19.9. The van der Waals surface area contributed by atoms with Crippen LogP contribution < -0.4 is 9.47 Å². The van der Waals surface area contributed by atoms with Crippen LogP contribution in [-0.4, -0.2) is 27.1 Å². The molecule has 8 heteroatoms. The van der Waals surface area contributed by atoms with Gasteiger partial charge in [0.15, 0.2) is 12.2 Å². The lowest BCUT2D eigenvalue weighted by atomic mass is 9.48. The number of nitrogens with zero attached hydrogens (tertiary/aromatic N) is 1. The fourth-order valence-corrected chi connectivity index (χ4v) is 8.91. The monoisotopic (exact) mass is 660 g/mol. The topological polar surface area (TPSA) is 93.7 Å². The summed E-state index contributed by atoms with van der Waals surface area (Å²) in [6.07, 6.45) is 7.21. The van der Waals surface area contributed by atoms with Crippen molar-refractivity contribution >= 4 is 17.0 Å². The molecule has 5 aromatic rings. The van der Waals surface area contributed by atoms with E-state index in [9.17, 15) is 14.3 Å². The molecule has 49 heavy (non-hydrogen) atoms. The number of aromatic nitrogens is 2. The SMILES string of the molecule is CC(Oc1ccc(CC(OCc2ccc(F)cc2)C(=O)O)cc1)c1nc2ccc(Oc3ccc(C45CC6CC(CC(C6)C4)C5)cc3)cc2[nH]1. The summed E-state index contributed by atoms with van der Waals surface area (Å²) in [5, 5.41) is 9.67. The molecule has 0 aliphatic heterocycles. The van der Waals surface area contributed by atoms with Crippen molar-refractivity contribution in [2.75, 3.05) is 0 Å². The first-order valence-corrected chi connectivity index (χ1v) is 17.4. The van der Waals surface area contributed by atoms with E-state index in [0.717, 1.165) is 45.8 Å².